The van der Waals surface area contributed by atoms with E-state index in [-0.39, 0.29) is 5.91 Å². The SMILES string of the molecule is O=C(c1ccncc1)N1CCC2(CC2)C1. The average Bonchev–Trinajstić information content (AvgIpc) is 2.90. The van der Waals surface area contributed by atoms with Gasteiger partial charge in [0.15, 0.2) is 0 Å². The molecule has 2 heterocycles. The van der Waals surface area contributed by atoms with E-state index in [1.807, 2.05) is 4.90 Å². The van der Waals surface area contributed by atoms with Crippen LogP contribution in [-0.2, 0) is 0 Å². The van der Waals surface area contributed by atoms with Crippen LogP contribution in [0.4, 0.5) is 0 Å². The summed E-state index contributed by atoms with van der Waals surface area (Å²) in [5, 5.41) is 0. The Bertz CT molecular complexity index is 384. The molecule has 3 heteroatoms. The van der Waals surface area contributed by atoms with Crippen LogP contribution in [0.25, 0.3) is 0 Å². The van der Waals surface area contributed by atoms with Gasteiger partial charge in [0.1, 0.15) is 0 Å². The number of nitrogens with zero attached hydrogens (tertiary/aromatic N) is 2. The molecule has 1 aromatic rings. The van der Waals surface area contributed by atoms with Gasteiger partial charge in [-0.25, -0.2) is 0 Å². The highest BCUT2D eigenvalue weighted by molar-refractivity contribution is 5.94. The van der Waals surface area contributed by atoms with Gasteiger partial charge in [-0.1, -0.05) is 0 Å². The fraction of sp³-hybridized carbons (Fsp3) is 0.500. The van der Waals surface area contributed by atoms with E-state index >= 15 is 0 Å². The predicted octanol–water partition coefficient (Wildman–Crippen LogP) is 1.71. The largest absolute Gasteiger partial charge is 0.338 e. The summed E-state index contributed by atoms with van der Waals surface area (Å²) < 4.78 is 0. The van der Waals surface area contributed by atoms with Crippen LogP contribution in [0.1, 0.15) is 29.6 Å². The molecule has 0 atom stereocenters. The smallest absolute Gasteiger partial charge is 0.253 e. The second-order valence-corrected chi connectivity index (χ2v) is 4.71. The Hall–Kier alpha value is -1.38. The highest BCUT2D eigenvalue weighted by Gasteiger charge is 2.48. The second kappa shape index (κ2) is 3.05. The van der Waals surface area contributed by atoms with Gasteiger partial charge in [-0.3, -0.25) is 9.78 Å². The number of aromatic nitrogens is 1. The molecular weight excluding hydrogens is 188 g/mol. The summed E-state index contributed by atoms with van der Waals surface area (Å²) in [5.74, 6) is 0.168. The monoisotopic (exact) mass is 202 g/mol. The lowest BCUT2D eigenvalue weighted by Gasteiger charge is -2.15. The molecule has 1 saturated carbocycles. The lowest BCUT2D eigenvalue weighted by atomic mass is 10.1. The molecule has 1 aliphatic carbocycles. The first-order chi connectivity index (χ1) is 7.29. The van der Waals surface area contributed by atoms with Crippen molar-refractivity contribution in [2.45, 2.75) is 19.3 Å². The van der Waals surface area contributed by atoms with Crippen molar-refractivity contribution in [2.75, 3.05) is 13.1 Å². The molecule has 1 spiro atoms. The van der Waals surface area contributed by atoms with Gasteiger partial charge in [0.25, 0.3) is 5.91 Å². The first-order valence-corrected chi connectivity index (χ1v) is 5.48. The van der Waals surface area contributed by atoms with Crippen LogP contribution in [0.5, 0.6) is 0 Å². The van der Waals surface area contributed by atoms with Gasteiger partial charge in [0.2, 0.25) is 0 Å². The maximum absolute atomic E-state index is 12.1. The van der Waals surface area contributed by atoms with Crippen LogP contribution >= 0.6 is 0 Å². The molecule has 0 unspecified atom stereocenters. The number of carbonyl (C=O) groups excluding carboxylic acids is 1. The number of rotatable bonds is 1. The Kier molecular flexibility index (Phi) is 1.81. The first-order valence-electron chi connectivity index (χ1n) is 5.48. The number of amides is 1. The van der Waals surface area contributed by atoms with Gasteiger partial charge >= 0.3 is 0 Å². The Labute approximate surface area is 89.1 Å². The number of hydrogen-bond acceptors (Lipinski definition) is 2. The van der Waals surface area contributed by atoms with Gasteiger partial charge in [-0.2, -0.15) is 0 Å². The maximum atomic E-state index is 12.1. The van der Waals surface area contributed by atoms with E-state index in [1.165, 1.54) is 19.3 Å². The summed E-state index contributed by atoms with van der Waals surface area (Å²) in [7, 11) is 0. The van der Waals surface area contributed by atoms with Gasteiger partial charge < -0.3 is 4.90 Å². The number of likely N-dealkylation sites (tertiary alicyclic amines) is 1. The number of hydrogen-bond donors (Lipinski definition) is 0. The molecule has 0 aromatic carbocycles. The van der Waals surface area contributed by atoms with Crippen molar-refractivity contribution in [1.82, 2.24) is 9.88 Å². The quantitative estimate of drug-likeness (QED) is 0.694. The van der Waals surface area contributed by atoms with Crippen LogP contribution in [0.15, 0.2) is 24.5 Å². The van der Waals surface area contributed by atoms with Crippen molar-refractivity contribution in [3.63, 3.8) is 0 Å². The van der Waals surface area contributed by atoms with E-state index < -0.39 is 0 Å². The highest BCUT2D eigenvalue weighted by atomic mass is 16.2. The summed E-state index contributed by atoms with van der Waals surface area (Å²) >= 11 is 0. The highest BCUT2D eigenvalue weighted by Crippen LogP contribution is 2.52. The minimum Gasteiger partial charge on any atom is -0.338 e. The minimum absolute atomic E-state index is 0.168. The third-order valence-electron chi connectivity index (χ3n) is 3.61. The maximum Gasteiger partial charge on any atom is 0.253 e. The topological polar surface area (TPSA) is 33.2 Å². The summed E-state index contributed by atoms with van der Waals surface area (Å²) in [6.07, 6.45) is 7.18. The molecule has 3 nitrogen and oxygen atoms in total. The molecule has 0 radical (unpaired) electrons. The summed E-state index contributed by atoms with van der Waals surface area (Å²) in [6, 6.07) is 3.58. The van der Waals surface area contributed by atoms with E-state index in [2.05, 4.69) is 4.98 Å². The van der Waals surface area contributed by atoms with Crippen molar-refractivity contribution in [3.8, 4) is 0 Å². The standard InChI is InChI=1S/C12H14N2O/c15-11(10-1-6-13-7-2-10)14-8-5-12(9-14)3-4-12/h1-2,6-7H,3-5,8-9H2. The lowest BCUT2D eigenvalue weighted by Crippen LogP contribution is -2.28. The fourth-order valence-corrected chi connectivity index (χ4v) is 2.37. The van der Waals surface area contributed by atoms with Crippen LogP contribution in [0.2, 0.25) is 0 Å². The van der Waals surface area contributed by atoms with Gasteiger partial charge in [-0.05, 0) is 36.8 Å². The molecule has 2 fully saturated rings. The first kappa shape index (κ1) is 8.89. The van der Waals surface area contributed by atoms with E-state index in [9.17, 15) is 4.79 Å². The van der Waals surface area contributed by atoms with E-state index in [4.69, 9.17) is 0 Å². The van der Waals surface area contributed by atoms with Gasteiger partial charge in [0.05, 0.1) is 0 Å². The van der Waals surface area contributed by atoms with Gasteiger partial charge in [-0.15, -0.1) is 0 Å². The van der Waals surface area contributed by atoms with E-state index in [0.29, 0.717) is 5.41 Å². The molecule has 1 saturated heterocycles. The van der Waals surface area contributed by atoms with Crippen molar-refractivity contribution in [3.05, 3.63) is 30.1 Å². The van der Waals surface area contributed by atoms with E-state index in [0.717, 1.165) is 18.7 Å². The fourth-order valence-electron chi connectivity index (χ4n) is 2.37. The lowest BCUT2D eigenvalue weighted by molar-refractivity contribution is 0.0785. The molecule has 1 amide bonds. The molecule has 3 rings (SSSR count). The van der Waals surface area contributed by atoms with Crippen molar-refractivity contribution < 1.29 is 4.79 Å². The Morgan fingerprint density at radius 1 is 1.27 bits per heavy atom. The molecule has 0 bridgehead atoms. The molecule has 1 aromatic heterocycles. The third kappa shape index (κ3) is 1.52. The van der Waals surface area contributed by atoms with Crippen molar-refractivity contribution in [2.24, 2.45) is 5.41 Å². The average molecular weight is 202 g/mol. The van der Waals surface area contributed by atoms with Crippen LogP contribution in [0, 0.1) is 5.41 Å². The number of carbonyl (C=O) groups is 1. The van der Waals surface area contributed by atoms with Gasteiger partial charge in [0, 0.05) is 31.0 Å². The Balaban J connectivity index is 1.76. The Morgan fingerprint density at radius 3 is 2.60 bits per heavy atom. The normalized spacial score (nSPS) is 22.0. The predicted molar refractivity (Wildman–Crippen MR) is 56.4 cm³/mol. The zero-order chi connectivity index (χ0) is 10.3. The summed E-state index contributed by atoms with van der Waals surface area (Å²) in [6.45, 7) is 1.90. The number of pyridine rings is 1. The zero-order valence-electron chi connectivity index (χ0n) is 8.65. The minimum atomic E-state index is 0.168. The molecule has 1 aliphatic heterocycles. The molecule has 0 N–H and O–H groups in total. The molecule has 15 heavy (non-hydrogen) atoms. The summed E-state index contributed by atoms with van der Waals surface area (Å²) in [5.41, 5.74) is 1.28. The Morgan fingerprint density at radius 2 is 2.00 bits per heavy atom. The molecule has 2 aliphatic rings. The molecular formula is C12H14N2O. The molecule has 78 valence electrons. The van der Waals surface area contributed by atoms with E-state index in [1.54, 1.807) is 24.5 Å². The zero-order valence-corrected chi connectivity index (χ0v) is 8.65. The van der Waals surface area contributed by atoms with Crippen LogP contribution < -0.4 is 0 Å². The second-order valence-electron chi connectivity index (χ2n) is 4.71. The van der Waals surface area contributed by atoms with Crippen molar-refractivity contribution in [1.29, 1.82) is 0 Å². The van der Waals surface area contributed by atoms with Crippen molar-refractivity contribution >= 4 is 5.91 Å². The van der Waals surface area contributed by atoms with Crippen LogP contribution in [-0.4, -0.2) is 28.9 Å². The van der Waals surface area contributed by atoms with Crippen LogP contribution in [0.3, 0.4) is 0 Å². The third-order valence-corrected chi connectivity index (χ3v) is 3.61. The summed E-state index contributed by atoms with van der Waals surface area (Å²) in [4.78, 5) is 18.0.